The van der Waals surface area contributed by atoms with Crippen LogP contribution in [-0.4, -0.2) is 31.4 Å². The number of hydrogen-bond acceptors (Lipinski definition) is 6. The Morgan fingerprint density at radius 2 is 2.21 bits per heavy atom. The predicted octanol–water partition coefficient (Wildman–Crippen LogP) is 2.08. The number of nitrogens with one attached hydrogen (secondary N) is 2. The van der Waals surface area contributed by atoms with Gasteiger partial charge in [-0.1, -0.05) is 6.07 Å². The summed E-state index contributed by atoms with van der Waals surface area (Å²) >= 11 is 1.56. The minimum atomic E-state index is 0.617. The van der Waals surface area contributed by atoms with Crippen LogP contribution in [0, 0.1) is 0 Å². The van der Waals surface area contributed by atoms with Gasteiger partial charge in [0.25, 0.3) is 0 Å². The molecule has 19 heavy (non-hydrogen) atoms. The molecule has 3 aromatic rings. The fourth-order valence-electron chi connectivity index (χ4n) is 1.79. The third-order valence-electron chi connectivity index (χ3n) is 2.68. The van der Waals surface area contributed by atoms with E-state index in [1.807, 2.05) is 24.5 Å². The number of fused-ring (bicyclic) bond motifs is 1. The Morgan fingerprint density at radius 3 is 3.00 bits per heavy atom. The van der Waals surface area contributed by atoms with E-state index in [0.717, 1.165) is 27.6 Å². The molecule has 6 nitrogen and oxygen atoms in total. The number of pyridine rings is 1. The van der Waals surface area contributed by atoms with Crippen LogP contribution in [0.2, 0.25) is 0 Å². The van der Waals surface area contributed by atoms with Crippen LogP contribution >= 0.6 is 11.8 Å². The van der Waals surface area contributed by atoms with E-state index in [9.17, 15) is 0 Å². The van der Waals surface area contributed by atoms with Gasteiger partial charge in [0.2, 0.25) is 0 Å². The van der Waals surface area contributed by atoms with E-state index >= 15 is 0 Å². The van der Waals surface area contributed by atoms with Gasteiger partial charge in [-0.25, -0.2) is 9.97 Å². The van der Waals surface area contributed by atoms with Crippen molar-refractivity contribution in [1.29, 1.82) is 0 Å². The van der Waals surface area contributed by atoms with Crippen molar-refractivity contribution in [3.63, 3.8) is 0 Å². The maximum absolute atomic E-state index is 4.28. The summed E-state index contributed by atoms with van der Waals surface area (Å²) in [5, 5.41) is 12.2. The molecular formula is C12H12N6S. The number of rotatable bonds is 4. The van der Waals surface area contributed by atoms with Crippen LogP contribution in [0.15, 0.2) is 35.7 Å². The first-order valence-corrected chi connectivity index (χ1v) is 6.98. The third-order valence-corrected chi connectivity index (χ3v) is 3.36. The first-order chi connectivity index (χ1) is 9.38. The summed E-state index contributed by atoms with van der Waals surface area (Å²) in [7, 11) is 0. The van der Waals surface area contributed by atoms with Crippen molar-refractivity contribution in [2.45, 2.75) is 11.6 Å². The summed E-state index contributed by atoms with van der Waals surface area (Å²) in [6.45, 7) is 0.617. The zero-order chi connectivity index (χ0) is 13.1. The molecule has 0 aliphatic rings. The van der Waals surface area contributed by atoms with Crippen LogP contribution in [0.5, 0.6) is 0 Å². The molecule has 3 heterocycles. The lowest BCUT2D eigenvalue weighted by Crippen LogP contribution is -2.03. The van der Waals surface area contributed by atoms with Gasteiger partial charge < -0.3 is 5.32 Å². The molecule has 0 saturated heterocycles. The normalized spacial score (nSPS) is 10.8. The molecule has 3 aromatic heterocycles. The first kappa shape index (κ1) is 11.9. The third kappa shape index (κ3) is 2.37. The minimum absolute atomic E-state index is 0.617. The average Bonchev–Trinajstić information content (AvgIpc) is 2.90. The number of H-pyrrole nitrogens is 1. The van der Waals surface area contributed by atoms with Crippen molar-refractivity contribution in [3.8, 4) is 0 Å². The van der Waals surface area contributed by atoms with Gasteiger partial charge >= 0.3 is 0 Å². The van der Waals surface area contributed by atoms with Crippen molar-refractivity contribution in [2.24, 2.45) is 0 Å². The quantitative estimate of drug-likeness (QED) is 0.708. The van der Waals surface area contributed by atoms with Crippen LogP contribution in [0.25, 0.3) is 11.0 Å². The lowest BCUT2D eigenvalue weighted by molar-refractivity contribution is 1.02. The molecule has 96 valence electrons. The highest BCUT2D eigenvalue weighted by atomic mass is 32.2. The zero-order valence-electron chi connectivity index (χ0n) is 10.3. The van der Waals surface area contributed by atoms with Gasteiger partial charge in [-0.3, -0.25) is 10.1 Å². The second-order valence-electron chi connectivity index (χ2n) is 3.85. The Kier molecular flexibility index (Phi) is 3.28. The Morgan fingerprint density at radius 1 is 1.26 bits per heavy atom. The van der Waals surface area contributed by atoms with Gasteiger partial charge in [0.1, 0.15) is 17.2 Å². The molecule has 0 amide bonds. The van der Waals surface area contributed by atoms with E-state index in [0.29, 0.717) is 6.54 Å². The van der Waals surface area contributed by atoms with Crippen LogP contribution < -0.4 is 5.32 Å². The topological polar surface area (TPSA) is 79.4 Å². The van der Waals surface area contributed by atoms with Gasteiger partial charge in [0, 0.05) is 6.20 Å². The summed E-state index contributed by atoms with van der Waals surface area (Å²) in [4.78, 5) is 12.7. The minimum Gasteiger partial charge on any atom is -0.364 e. The second kappa shape index (κ2) is 5.23. The Labute approximate surface area is 114 Å². The molecule has 0 aliphatic carbocycles. The fraction of sp³-hybridized carbons (Fsp3) is 0.167. The molecule has 3 rings (SSSR count). The van der Waals surface area contributed by atoms with Crippen LogP contribution in [0.1, 0.15) is 5.69 Å². The van der Waals surface area contributed by atoms with E-state index in [1.165, 1.54) is 6.33 Å². The number of anilines is 1. The highest BCUT2D eigenvalue weighted by molar-refractivity contribution is 7.98. The molecule has 0 radical (unpaired) electrons. The summed E-state index contributed by atoms with van der Waals surface area (Å²) in [6, 6.07) is 5.83. The molecule has 0 bridgehead atoms. The Hall–Kier alpha value is -2.15. The number of hydrogen-bond donors (Lipinski definition) is 2. The number of nitrogens with zero attached hydrogens (tertiary/aromatic N) is 4. The van der Waals surface area contributed by atoms with Gasteiger partial charge in [-0.15, -0.1) is 11.8 Å². The van der Waals surface area contributed by atoms with Crippen molar-refractivity contribution in [2.75, 3.05) is 11.6 Å². The summed E-state index contributed by atoms with van der Waals surface area (Å²) < 4.78 is 0. The first-order valence-electron chi connectivity index (χ1n) is 5.75. The molecule has 7 heteroatoms. The molecule has 0 aromatic carbocycles. The monoisotopic (exact) mass is 272 g/mol. The summed E-state index contributed by atoms with van der Waals surface area (Å²) in [5.41, 5.74) is 1.70. The van der Waals surface area contributed by atoms with Crippen LogP contribution in [0.4, 0.5) is 5.82 Å². The SMILES string of the molecule is CSc1n[nH]c2ncnc(NCc3ccccn3)c12. The lowest BCUT2D eigenvalue weighted by Gasteiger charge is -2.06. The van der Waals surface area contributed by atoms with Crippen LogP contribution in [0.3, 0.4) is 0 Å². The zero-order valence-corrected chi connectivity index (χ0v) is 11.1. The maximum Gasteiger partial charge on any atom is 0.161 e. The van der Waals surface area contributed by atoms with Crippen molar-refractivity contribution in [3.05, 3.63) is 36.4 Å². The standard InChI is InChI=1S/C12H12N6S/c1-19-12-9-10(15-7-16-11(9)17-18-12)14-6-8-4-2-3-5-13-8/h2-5,7H,6H2,1H3,(H2,14,15,16,17,18). The van der Waals surface area contributed by atoms with Crippen molar-refractivity contribution in [1.82, 2.24) is 25.1 Å². The number of aromatic amines is 1. The van der Waals surface area contributed by atoms with Crippen LogP contribution in [-0.2, 0) is 6.54 Å². The lowest BCUT2D eigenvalue weighted by atomic mass is 10.3. The van der Waals surface area contributed by atoms with E-state index in [-0.39, 0.29) is 0 Å². The number of thioether (sulfide) groups is 1. The van der Waals surface area contributed by atoms with E-state index in [2.05, 4.69) is 30.5 Å². The van der Waals surface area contributed by atoms with Gasteiger partial charge in [0.15, 0.2) is 5.65 Å². The van der Waals surface area contributed by atoms with Gasteiger partial charge in [-0.05, 0) is 18.4 Å². The Balaban J connectivity index is 1.90. The van der Waals surface area contributed by atoms with E-state index < -0.39 is 0 Å². The predicted molar refractivity (Wildman–Crippen MR) is 75.0 cm³/mol. The highest BCUT2D eigenvalue weighted by Gasteiger charge is 2.11. The molecule has 0 aliphatic heterocycles. The fourth-order valence-corrected chi connectivity index (χ4v) is 2.33. The van der Waals surface area contributed by atoms with Crippen molar-refractivity contribution >= 4 is 28.6 Å². The van der Waals surface area contributed by atoms with Gasteiger partial charge in [0.05, 0.1) is 17.6 Å². The maximum atomic E-state index is 4.28. The summed E-state index contributed by atoms with van der Waals surface area (Å²) in [5.74, 6) is 0.772. The molecule has 0 fully saturated rings. The smallest absolute Gasteiger partial charge is 0.161 e. The van der Waals surface area contributed by atoms with E-state index in [4.69, 9.17) is 0 Å². The Bertz CT molecular complexity index is 681. The molecular weight excluding hydrogens is 260 g/mol. The second-order valence-corrected chi connectivity index (χ2v) is 4.65. The molecule has 0 unspecified atom stereocenters. The van der Waals surface area contributed by atoms with Crippen molar-refractivity contribution < 1.29 is 0 Å². The number of aromatic nitrogens is 5. The van der Waals surface area contributed by atoms with Gasteiger partial charge in [-0.2, -0.15) is 5.10 Å². The average molecular weight is 272 g/mol. The van der Waals surface area contributed by atoms with E-state index in [1.54, 1.807) is 18.0 Å². The summed E-state index contributed by atoms with van der Waals surface area (Å²) in [6.07, 6.45) is 5.27. The highest BCUT2D eigenvalue weighted by Crippen LogP contribution is 2.27. The molecule has 2 N–H and O–H groups in total. The largest absolute Gasteiger partial charge is 0.364 e. The molecule has 0 saturated carbocycles. The molecule has 0 spiro atoms. The molecule has 0 atom stereocenters.